The average Bonchev–Trinajstić information content (AvgIpc) is 2.56. The van der Waals surface area contributed by atoms with Gasteiger partial charge in [0.1, 0.15) is 5.71 Å². The maximum Gasteiger partial charge on any atom is 0.230 e. The number of Topliss-reactive ketones (excluding diaryl/α,β-unsaturated/α-hetero) is 1. The average molecular weight is 236 g/mol. The van der Waals surface area contributed by atoms with Crippen LogP contribution >= 0.6 is 0 Å². The van der Waals surface area contributed by atoms with Crippen LogP contribution in [-0.2, 0) is 9.63 Å². The van der Waals surface area contributed by atoms with Crippen molar-refractivity contribution in [1.29, 1.82) is 0 Å². The van der Waals surface area contributed by atoms with Gasteiger partial charge in [0, 0.05) is 13.1 Å². The molecular formula is C13H20N2O2. The summed E-state index contributed by atoms with van der Waals surface area (Å²) >= 11 is 0. The number of hydrogen-bond acceptors (Lipinski definition) is 4. The first-order chi connectivity index (χ1) is 8.01. The highest BCUT2D eigenvalue weighted by molar-refractivity contribution is 6.47. The van der Waals surface area contributed by atoms with Gasteiger partial charge in [-0.05, 0) is 46.0 Å². The van der Waals surface area contributed by atoms with Crippen molar-refractivity contribution in [1.82, 2.24) is 4.90 Å². The van der Waals surface area contributed by atoms with Crippen molar-refractivity contribution in [2.45, 2.75) is 33.3 Å². The molecule has 0 fully saturated rings. The second-order valence-corrected chi connectivity index (χ2v) is 4.33. The van der Waals surface area contributed by atoms with Gasteiger partial charge in [-0.1, -0.05) is 11.2 Å². The summed E-state index contributed by atoms with van der Waals surface area (Å²) in [6.45, 7) is 9.56. The summed E-state index contributed by atoms with van der Waals surface area (Å²) in [5.74, 6) is -0.0787. The van der Waals surface area contributed by atoms with E-state index < -0.39 is 5.60 Å². The van der Waals surface area contributed by atoms with Crippen LogP contribution in [0, 0.1) is 0 Å². The Hall–Kier alpha value is -1.58. The van der Waals surface area contributed by atoms with Gasteiger partial charge in [0.15, 0.2) is 5.60 Å². The van der Waals surface area contributed by atoms with E-state index in [0.29, 0.717) is 5.71 Å². The fourth-order valence-electron chi connectivity index (χ4n) is 1.41. The summed E-state index contributed by atoms with van der Waals surface area (Å²) in [7, 11) is 0. The summed E-state index contributed by atoms with van der Waals surface area (Å²) in [6, 6.07) is 0. The van der Waals surface area contributed by atoms with Crippen molar-refractivity contribution in [3.8, 4) is 0 Å². The van der Waals surface area contributed by atoms with Crippen LogP contribution in [-0.4, -0.2) is 35.1 Å². The van der Waals surface area contributed by atoms with E-state index in [9.17, 15) is 4.79 Å². The molecule has 0 amide bonds. The molecule has 0 aromatic carbocycles. The number of nitrogens with zero attached hydrogens (tertiary/aromatic N) is 2. The number of hydrogen-bond donors (Lipinski definition) is 0. The van der Waals surface area contributed by atoms with E-state index in [1.54, 1.807) is 26.0 Å². The predicted molar refractivity (Wildman–Crippen MR) is 68.8 cm³/mol. The predicted octanol–water partition coefficient (Wildman–Crippen LogP) is 2.13. The Bertz CT molecular complexity index is 364. The lowest BCUT2D eigenvalue weighted by Gasteiger charge is -2.13. The molecule has 1 heterocycles. The van der Waals surface area contributed by atoms with Gasteiger partial charge in [0.25, 0.3) is 0 Å². The minimum Gasteiger partial charge on any atom is -0.381 e. The number of allylic oxidation sites excluding steroid dienone is 3. The van der Waals surface area contributed by atoms with Crippen LogP contribution in [0.2, 0.25) is 0 Å². The number of rotatable bonds is 5. The van der Waals surface area contributed by atoms with Crippen molar-refractivity contribution in [3.63, 3.8) is 0 Å². The molecule has 94 valence electrons. The molecule has 0 spiro atoms. The Morgan fingerprint density at radius 2 is 1.94 bits per heavy atom. The van der Waals surface area contributed by atoms with Gasteiger partial charge < -0.3 is 9.74 Å². The number of oxime groups is 1. The third-order valence-corrected chi connectivity index (χ3v) is 2.63. The third-order valence-electron chi connectivity index (χ3n) is 2.63. The Balaban J connectivity index is 2.54. The summed E-state index contributed by atoms with van der Waals surface area (Å²) in [6.07, 6.45) is 7.37. The topological polar surface area (TPSA) is 41.9 Å². The van der Waals surface area contributed by atoms with Crippen molar-refractivity contribution in [2.75, 3.05) is 13.1 Å². The van der Waals surface area contributed by atoms with E-state index in [1.165, 1.54) is 0 Å². The van der Waals surface area contributed by atoms with Gasteiger partial charge in [-0.3, -0.25) is 4.79 Å². The lowest BCUT2D eigenvalue weighted by Crippen LogP contribution is -2.31. The van der Waals surface area contributed by atoms with E-state index in [0.717, 1.165) is 13.1 Å². The van der Waals surface area contributed by atoms with Crippen LogP contribution in [0.1, 0.15) is 27.7 Å². The van der Waals surface area contributed by atoms with Gasteiger partial charge in [-0.15, -0.1) is 0 Å². The Morgan fingerprint density at radius 3 is 2.41 bits per heavy atom. The molecule has 1 aliphatic rings. The van der Waals surface area contributed by atoms with Crippen LogP contribution < -0.4 is 0 Å². The molecule has 0 bridgehead atoms. The molecule has 1 aliphatic heterocycles. The number of ketones is 1. The van der Waals surface area contributed by atoms with Gasteiger partial charge in [-0.2, -0.15) is 0 Å². The highest BCUT2D eigenvalue weighted by Gasteiger charge is 2.38. The monoisotopic (exact) mass is 236 g/mol. The number of carbonyl (C=O) groups excluding carboxylic acids is 1. The molecule has 0 N–H and O–H groups in total. The highest BCUT2D eigenvalue weighted by Crippen LogP contribution is 2.19. The molecule has 0 saturated carbocycles. The first-order valence-electron chi connectivity index (χ1n) is 5.91. The van der Waals surface area contributed by atoms with E-state index in [1.807, 2.05) is 12.3 Å². The SMILES string of the molecule is CCN(/C=C/C=C/C1=NOC(C)(C)C1=O)CC. The molecular weight excluding hydrogens is 216 g/mol. The molecule has 0 atom stereocenters. The normalized spacial score (nSPS) is 18.8. The summed E-state index contributed by atoms with van der Waals surface area (Å²) in [4.78, 5) is 18.9. The lowest BCUT2D eigenvalue weighted by atomic mass is 10.0. The fourth-order valence-corrected chi connectivity index (χ4v) is 1.41. The van der Waals surface area contributed by atoms with Crippen LogP contribution in [0.3, 0.4) is 0 Å². The van der Waals surface area contributed by atoms with E-state index >= 15 is 0 Å². The standard InChI is InChI=1S/C13H20N2O2/c1-5-15(6-2)10-8-7-9-11-12(16)13(3,4)17-14-11/h7-10H,5-6H2,1-4H3/b9-7+,10-8+. The lowest BCUT2D eigenvalue weighted by molar-refractivity contribution is -0.128. The van der Waals surface area contributed by atoms with Crippen molar-refractivity contribution in [2.24, 2.45) is 5.16 Å². The van der Waals surface area contributed by atoms with Gasteiger partial charge in [0.05, 0.1) is 0 Å². The maximum atomic E-state index is 11.7. The molecule has 0 aromatic rings. The smallest absolute Gasteiger partial charge is 0.230 e. The van der Waals surface area contributed by atoms with Crippen molar-refractivity contribution in [3.05, 3.63) is 24.4 Å². The molecule has 0 aliphatic carbocycles. The molecule has 17 heavy (non-hydrogen) atoms. The van der Waals surface area contributed by atoms with E-state index in [2.05, 4.69) is 23.9 Å². The Labute approximate surface area is 103 Å². The molecule has 0 aromatic heterocycles. The van der Waals surface area contributed by atoms with E-state index in [-0.39, 0.29) is 5.78 Å². The van der Waals surface area contributed by atoms with Crippen molar-refractivity contribution >= 4 is 11.5 Å². The quantitative estimate of drug-likeness (QED) is 0.687. The van der Waals surface area contributed by atoms with E-state index in [4.69, 9.17) is 4.84 Å². The summed E-state index contributed by atoms with van der Waals surface area (Å²) < 4.78 is 0. The van der Waals surface area contributed by atoms with Crippen molar-refractivity contribution < 1.29 is 9.63 Å². The summed E-state index contributed by atoms with van der Waals surface area (Å²) in [5.41, 5.74) is -0.443. The molecule has 0 saturated heterocycles. The molecule has 4 nitrogen and oxygen atoms in total. The largest absolute Gasteiger partial charge is 0.381 e. The van der Waals surface area contributed by atoms with Gasteiger partial charge in [-0.25, -0.2) is 0 Å². The first-order valence-corrected chi connectivity index (χ1v) is 5.91. The zero-order valence-corrected chi connectivity index (χ0v) is 10.9. The minimum absolute atomic E-state index is 0.0787. The molecule has 0 unspecified atom stereocenters. The van der Waals surface area contributed by atoms with Crippen LogP contribution in [0.25, 0.3) is 0 Å². The molecule has 1 rings (SSSR count). The third kappa shape index (κ3) is 3.44. The summed E-state index contributed by atoms with van der Waals surface area (Å²) in [5, 5.41) is 3.76. The molecule has 0 radical (unpaired) electrons. The first kappa shape index (κ1) is 13.5. The Morgan fingerprint density at radius 1 is 1.29 bits per heavy atom. The van der Waals surface area contributed by atoms with Crippen LogP contribution in [0.4, 0.5) is 0 Å². The Kier molecular flexibility index (Phi) is 4.49. The van der Waals surface area contributed by atoms with Gasteiger partial charge in [0.2, 0.25) is 5.78 Å². The minimum atomic E-state index is -0.817. The van der Waals surface area contributed by atoms with Crippen LogP contribution in [0.5, 0.6) is 0 Å². The zero-order valence-electron chi connectivity index (χ0n) is 10.9. The highest BCUT2D eigenvalue weighted by atomic mass is 16.7. The molecule has 4 heteroatoms. The fraction of sp³-hybridized carbons (Fsp3) is 0.538. The second kappa shape index (κ2) is 5.66. The van der Waals surface area contributed by atoms with Gasteiger partial charge >= 0.3 is 0 Å². The number of carbonyl (C=O) groups is 1. The maximum absolute atomic E-state index is 11.7. The van der Waals surface area contributed by atoms with Crippen LogP contribution in [0.15, 0.2) is 29.6 Å². The second-order valence-electron chi connectivity index (χ2n) is 4.33. The zero-order chi connectivity index (χ0) is 12.9.